The van der Waals surface area contributed by atoms with Crippen molar-refractivity contribution in [2.75, 3.05) is 14.2 Å². The van der Waals surface area contributed by atoms with Gasteiger partial charge in [0.1, 0.15) is 0 Å². The lowest BCUT2D eigenvalue weighted by molar-refractivity contribution is -0.124. The molecular weight excluding hydrogens is 304 g/mol. The van der Waals surface area contributed by atoms with Gasteiger partial charge in [0.25, 0.3) is 0 Å². The van der Waals surface area contributed by atoms with Gasteiger partial charge in [0.2, 0.25) is 5.91 Å². The fraction of sp³-hybridized carbons (Fsp3) is 0.316. The van der Waals surface area contributed by atoms with Crippen molar-refractivity contribution in [3.63, 3.8) is 0 Å². The highest BCUT2D eigenvalue weighted by Crippen LogP contribution is 2.30. The van der Waals surface area contributed by atoms with Crippen LogP contribution in [0.5, 0.6) is 11.5 Å². The van der Waals surface area contributed by atoms with Crippen molar-refractivity contribution in [3.8, 4) is 11.5 Å². The third-order valence-electron chi connectivity index (χ3n) is 4.51. The molecule has 0 fully saturated rings. The molecule has 0 unspecified atom stereocenters. The Kier molecular flexibility index (Phi) is 4.71. The van der Waals surface area contributed by atoms with Gasteiger partial charge in [0.05, 0.1) is 20.3 Å². The fourth-order valence-corrected chi connectivity index (χ4v) is 3.24. The first kappa shape index (κ1) is 16.3. The van der Waals surface area contributed by atoms with Gasteiger partial charge >= 0.3 is 0 Å². The van der Waals surface area contributed by atoms with Crippen molar-refractivity contribution < 1.29 is 14.3 Å². The number of nitrogens with two attached hydrogens (primary N) is 1. The van der Waals surface area contributed by atoms with Crippen LogP contribution in [0.1, 0.15) is 16.7 Å². The van der Waals surface area contributed by atoms with Crippen LogP contribution in [0.15, 0.2) is 42.5 Å². The highest BCUT2D eigenvalue weighted by Gasteiger charge is 2.30. The Bertz CT molecular complexity index is 745. The summed E-state index contributed by atoms with van der Waals surface area (Å²) in [7, 11) is 3.23. The standard InChI is InChI=1S/C19H22N2O3/c1-23-17-8-7-13(9-18(17)24-2)11-21-12-15-6-4-3-5-14(15)10-16(21)19(20)22/h3-9,16H,10-12H2,1-2H3,(H2,20,22)/t16-/m1/s1. The monoisotopic (exact) mass is 326 g/mol. The first-order valence-electron chi connectivity index (χ1n) is 7.93. The van der Waals surface area contributed by atoms with E-state index in [9.17, 15) is 4.79 Å². The molecule has 1 aliphatic rings. The second-order valence-electron chi connectivity index (χ2n) is 5.99. The number of methoxy groups -OCH3 is 2. The zero-order valence-electron chi connectivity index (χ0n) is 14.0. The molecule has 1 aliphatic heterocycles. The van der Waals surface area contributed by atoms with Crippen LogP contribution in [0.4, 0.5) is 0 Å². The average Bonchev–Trinajstić information content (AvgIpc) is 2.60. The van der Waals surface area contributed by atoms with Crippen LogP contribution in [0.25, 0.3) is 0 Å². The Labute approximate surface area is 142 Å². The van der Waals surface area contributed by atoms with Crippen molar-refractivity contribution in [1.29, 1.82) is 0 Å². The summed E-state index contributed by atoms with van der Waals surface area (Å²) in [6.45, 7) is 1.33. The minimum atomic E-state index is -0.298. The summed E-state index contributed by atoms with van der Waals surface area (Å²) in [6.07, 6.45) is 0.652. The normalized spacial score (nSPS) is 17.2. The summed E-state index contributed by atoms with van der Waals surface area (Å²) >= 11 is 0. The number of primary amides is 1. The van der Waals surface area contributed by atoms with Gasteiger partial charge in [-0.05, 0) is 35.2 Å². The van der Waals surface area contributed by atoms with Gasteiger partial charge in [-0.1, -0.05) is 30.3 Å². The van der Waals surface area contributed by atoms with E-state index in [1.807, 2.05) is 30.3 Å². The average molecular weight is 326 g/mol. The third-order valence-corrected chi connectivity index (χ3v) is 4.51. The molecule has 5 heteroatoms. The van der Waals surface area contributed by atoms with Crippen molar-refractivity contribution >= 4 is 5.91 Å². The maximum Gasteiger partial charge on any atom is 0.235 e. The minimum absolute atomic E-state index is 0.287. The van der Waals surface area contributed by atoms with Crippen LogP contribution in [-0.2, 0) is 24.3 Å². The number of benzene rings is 2. The summed E-state index contributed by atoms with van der Waals surface area (Å²) in [4.78, 5) is 14.0. The second-order valence-corrected chi connectivity index (χ2v) is 5.99. The zero-order valence-corrected chi connectivity index (χ0v) is 14.0. The quantitative estimate of drug-likeness (QED) is 0.914. The van der Waals surface area contributed by atoms with Crippen LogP contribution in [0, 0.1) is 0 Å². The lowest BCUT2D eigenvalue weighted by Crippen LogP contribution is -2.48. The van der Waals surface area contributed by atoms with Gasteiger partial charge in [-0.3, -0.25) is 9.69 Å². The lowest BCUT2D eigenvalue weighted by Gasteiger charge is -2.35. The fourth-order valence-electron chi connectivity index (χ4n) is 3.24. The Morgan fingerprint density at radius 1 is 1.12 bits per heavy atom. The zero-order chi connectivity index (χ0) is 17.1. The predicted molar refractivity (Wildman–Crippen MR) is 91.9 cm³/mol. The number of ether oxygens (including phenoxy) is 2. The summed E-state index contributed by atoms with van der Waals surface area (Å²) in [5, 5.41) is 0. The van der Waals surface area contributed by atoms with Crippen molar-refractivity contribution in [3.05, 3.63) is 59.2 Å². The molecule has 126 valence electrons. The number of carbonyl (C=O) groups is 1. The Morgan fingerprint density at radius 3 is 2.50 bits per heavy atom. The van der Waals surface area contributed by atoms with E-state index in [0.717, 1.165) is 5.56 Å². The van der Waals surface area contributed by atoms with E-state index < -0.39 is 0 Å². The molecule has 2 aromatic carbocycles. The van der Waals surface area contributed by atoms with Crippen molar-refractivity contribution in [2.45, 2.75) is 25.6 Å². The molecule has 0 spiro atoms. The van der Waals surface area contributed by atoms with Crippen LogP contribution < -0.4 is 15.2 Å². The molecule has 24 heavy (non-hydrogen) atoms. The molecule has 1 amide bonds. The molecule has 1 heterocycles. The molecule has 0 bridgehead atoms. The number of hydrogen-bond donors (Lipinski definition) is 1. The summed E-state index contributed by atoms with van der Waals surface area (Å²) in [5.41, 5.74) is 9.14. The van der Waals surface area contributed by atoms with Gasteiger partial charge in [0.15, 0.2) is 11.5 Å². The summed E-state index contributed by atoms with van der Waals surface area (Å²) in [5.74, 6) is 1.09. The Hall–Kier alpha value is -2.53. The summed E-state index contributed by atoms with van der Waals surface area (Å²) in [6, 6.07) is 13.7. The van der Waals surface area contributed by atoms with Gasteiger partial charge < -0.3 is 15.2 Å². The minimum Gasteiger partial charge on any atom is -0.493 e. The van der Waals surface area contributed by atoms with E-state index in [1.54, 1.807) is 14.2 Å². The lowest BCUT2D eigenvalue weighted by atomic mass is 9.93. The van der Waals surface area contributed by atoms with Gasteiger partial charge in [0, 0.05) is 13.1 Å². The summed E-state index contributed by atoms with van der Waals surface area (Å²) < 4.78 is 10.6. The molecular formula is C19H22N2O3. The van der Waals surface area contributed by atoms with Crippen LogP contribution in [0.2, 0.25) is 0 Å². The maximum atomic E-state index is 11.9. The van der Waals surface area contributed by atoms with E-state index in [4.69, 9.17) is 15.2 Å². The molecule has 0 aromatic heterocycles. The first-order chi connectivity index (χ1) is 11.6. The smallest absolute Gasteiger partial charge is 0.235 e. The third kappa shape index (κ3) is 3.21. The highest BCUT2D eigenvalue weighted by atomic mass is 16.5. The first-order valence-corrected chi connectivity index (χ1v) is 7.93. The van der Waals surface area contributed by atoms with Crippen molar-refractivity contribution in [1.82, 2.24) is 4.90 Å². The molecule has 2 aromatic rings. The molecule has 1 atom stereocenters. The van der Waals surface area contributed by atoms with Gasteiger partial charge in [-0.15, -0.1) is 0 Å². The molecule has 5 nitrogen and oxygen atoms in total. The number of amides is 1. The Balaban J connectivity index is 1.86. The topological polar surface area (TPSA) is 64.8 Å². The van der Waals surface area contributed by atoms with Crippen LogP contribution in [0.3, 0.4) is 0 Å². The van der Waals surface area contributed by atoms with E-state index >= 15 is 0 Å². The number of hydrogen-bond acceptors (Lipinski definition) is 4. The number of carbonyl (C=O) groups excluding carboxylic acids is 1. The number of nitrogens with zero attached hydrogens (tertiary/aromatic N) is 1. The van der Waals surface area contributed by atoms with Crippen LogP contribution >= 0.6 is 0 Å². The number of rotatable bonds is 5. The van der Waals surface area contributed by atoms with E-state index in [0.29, 0.717) is 31.0 Å². The predicted octanol–water partition coefficient (Wildman–Crippen LogP) is 2.12. The molecule has 0 aliphatic carbocycles. The van der Waals surface area contributed by atoms with Gasteiger partial charge in [-0.25, -0.2) is 0 Å². The molecule has 0 saturated carbocycles. The van der Waals surface area contributed by atoms with E-state index in [-0.39, 0.29) is 11.9 Å². The van der Waals surface area contributed by atoms with E-state index in [2.05, 4.69) is 17.0 Å². The SMILES string of the molecule is COc1ccc(CN2Cc3ccccc3C[C@@H]2C(N)=O)cc1OC. The Morgan fingerprint density at radius 2 is 1.83 bits per heavy atom. The largest absolute Gasteiger partial charge is 0.493 e. The highest BCUT2D eigenvalue weighted by molar-refractivity contribution is 5.80. The van der Waals surface area contributed by atoms with Crippen LogP contribution in [-0.4, -0.2) is 31.1 Å². The number of fused-ring (bicyclic) bond motifs is 1. The van der Waals surface area contributed by atoms with Gasteiger partial charge in [-0.2, -0.15) is 0 Å². The van der Waals surface area contributed by atoms with E-state index in [1.165, 1.54) is 11.1 Å². The second kappa shape index (κ2) is 6.93. The molecule has 0 saturated heterocycles. The van der Waals surface area contributed by atoms with Crippen molar-refractivity contribution in [2.24, 2.45) is 5.73 Å². The maximum absolute atomic E-state index is 11.9. The molecule has 0 radical (unpaired) electrons. The molecule has 2 N–H and O–H groups in total. The molecule has 3 rings (SSSR count).